The van der Waals surface area contributed by atoms with E-state index in [1.54, 1.807) is 6.07 Å². The minimum absolute atomic E-state index is 0.182. The molecule has 94 valence electrons. The van der Waals surface area contributed by atoms with Gasteiger partial charge in [0.2, 0.25) is 0 Å². The fraction of sp³-hybridized carbons (Fsp3) is 0.357. The van der Waals surface area contributed by atoms with Gasteiger partial charge in [0.1, 0.15) is 5.82 Å². The lowest BCUT2D eigenvalue weighted by atomic mass is 9.99. The van der Waals surface area contributed by atoms with Gasteiger partial charge in [-0.2, -0.15) is 5.10 Å². The van der Waals surface area contributed by atoms with Crippen LogP contribution in [0, 0.1) is 5.82 Å². The van der Waals surface area contributed by atoms with Crippen LogP contribution in [0.1, 0.15) is 17.8 Å². The Morgan fingerprint density at radius 3 is 2.94 bits per heavy atom. The minimum Gasteiger partial charge on any atom is -0.330 e. The normalized spacial score (nSPS) is 13.9. The van der Waals surface area contributed by atoms with Gasteiger partial charge in [0, 0.05) is 29.8 Å². The predicted octanol–water partition coefficient (Wildman–Crippen LogP) is 2.14. The fourth-order valence-electron chi connectivity index (χ4n) is 2.67. The van der Waals surface area contributed by atoms with E-state index in [-0.39, 0.29) is 5.82 Å². The molecule has 0 radical (unpaired) electrons. The van der Waals surface area contributed by atoms with Gasteiger partial charge in [-0.25, -0.2) is 4.39 Å². The third-order valence-electron chi connectivity index (χ3n) is 3.44. The summed E-state index contributed by atoms with van der Waals surface area (Å²) in [6, 6.07) is 6.90. The van der Waals surface area contributed by atoms with Crippen molar-refractivity contribution in [3.05, 3.63) is 41.5 Å². The summed E-state index contributed by atoms with van der Waals surface area (Å²) in [5, 5.41) is 4.57. The topological polar surface area (TPSA) is 43.8 Å². The Kier molecular flexibility index (Phi) is 2.88. The number of aromatic nitrogens is 2. The number of rotatable bonds is 3. The number of nitrogens with two attached hydrogens (primary N) is 1. The molecule has 0 unspecified atom stereocenters. The lowest BCUT2D eigenvalue weighted by molar-refractivity contribution is 0.631. The lowest BCUT2D eigenvalue weighted by Crippen LogP contribution is -2.05. The molecule has 2 aromatic rings. The van der Waals surface area contributed by atoms with Crippen LogP contribution in [0.15, 0.2) is 24.3 Å². The molecule has 0 bridgehead atoms. The number of benzene rings is 1. The molecule has 1 aliphatic rings. The molecular formula is C14H16FN3. The fourth-order valence-corrected chi connectivity index (χ4v) is 2.67. The highest BCUT2D eigenvalue weighted by Crippen LogP contribution is 2.33. The summed E-state index contributed by atoms with van der Waals surface area (Å²) in [5.74, 6) is -0.182. The molecule has 0 spiro atoms. The SMILES string of the molecule is NCCc1nn2c(c1-c1ccccc1F)CCC2. The predicted molar refractivity (Wildman–Crippen MR) is 68.7 cm³/mol. The zero-order valence-electron chi connectivity index (χ0n) is 10.2. The second-order valence-corrected chi connectivity index (χ2v) is 4.61. The monoisotopic (exact) mass is 245 g/mol. The first-order valence-electron chi connectivity index (χ1n) is 6.35. The average Bonchev–Trinajstić information content (AvgIpc) is 2.91. The van der Waals surface area contributed by atoms with Crippen LogP contribution in [0.5, 0.6) is 0 Å². The van der Waals surface area contributed by atoms with Crippen LogP contribution in [0.25, 0.3) is 11.1 Å². The molecule has 18 heavy (non-hydrogen) atoms. The Bertz CT molecular complexity index is 574. The standard InChI is InChI=1S/C14H16FN3/c15-11-5-2-1-4-10(11)14-12(7-8-16)17-18-9-3-6-13(14)18/h1-2,4-5H,3,6-9,16H2. The highest BCUT2D eigenvalue weighted by molar-refractivity contribution is 5.70. The molecule has 1 aliphatic heterocycles. The van der Waals surface area contributed by atoms with Crippen LogP contribution in [0.4, 0.5) is 4.39 Å². The van der Waals surface area contributed by atoms with E-state index in [9.17, 15) is 4.39 Å². The van der Waals surface area contributed by atoms with Crippen molar-refractivity contribution in [3.8, 4) is 11.1 Å². The van der Waals surface area contributed by atoms with Crippen molar-refractivity contribution in [2.75, 3.05) is 6.54 Å². The summed E-state index contributed by atoms with van der Waals surface area (Å²) >= 11 is 0. The maximum absolute atomic E-state index is 14.0. The van der Waals surface area contributed by atoms with E-state index in [1.165, 1.54) is 6.07 Å². The van der Waals surface area contributed by atoms with E-state index in [0.29, 0.717) is 18.5 Å². The lowest BCUT2D eigenvalue weighted by Gasteiger charge is -2.05. The summed E-state index contributed by atoms with van der Waals surface area (Å²) in [7, 11) is 0. The van der Waals surface area contributed by atoms with Crippen LogP contribution in [-0.2, 0) is 19.4 Å². The Labute approximate surface area is 105 Å². The summed E-state index contributed by atoms with van der Waals surface area (Å²) < 4.78 is 16.0. The second-order valence-electron chi connectivity index (χ2n) is 4.61. The Morgan fingerprint density at radius 1 is 1.33 bits per heavy atom. The summed E-state index contributed by atoms with van der Waals surface area (Å²) in [4.78, 5) is 0. The van der Waals surface area contributed by atoms with E-state index >= 15 is 0 Å². The quantitative estimate of drug-likeness (QED) is 0.900. The Morgan fingerprint density at radius 2 is 2.17 bits per heavy atom. The maximum Gasteiger partial charge on any atom is 0.131 e. The van der Waals surface area contributed by atoms with Crippen molar-refractivity contribution in [2.24, 2.45) is 5.73 Å². The first-order chi connectivity index (χ1) is 8.81. The first-order valence-corrected chi connectivity index (χ1v) is 6.35. The highest BCUT2D eigenvalue weighted by atomic mass is 19.1. The van der Waals surface area contributed by atoms with Gasteiger partial charge < -0.3 is 5.73 Å². The van der Waals surface area contributed by atoms with Crippen molar-refractivity contribution in [1.82, 2.24) is 9.78 Å². The van der Waals surface area contributed by atoms with Gasteiger partial charge in [0.15, 0.2) is 0 Å². The highest BCUT2D eigenvalue weighted by Gasteiger charge is 2.23. The molecule has 0 saturated carbocycles. The Hall–Kier alpha value is -1.68. The van der Waals surface area contributed by atoms with Crippen molar-refractivity contribution in [3.63, 3.8) is 0 Å². The molecule has 0 saturated heterocycles. The smallest absolute Gasteiger partial charge is 0.131 e. The van der Waals surface area contributed by atoms with Gasteiger partial charge in [-0.15, -0.1) is 0 Å². The van der Waals surface area contributed by atoms with Gasteiger partial charge in [-0.05, 0) is 25.5 Å². The first kappa shape index (κ1) is 11.4. The number of hydrogen-bond donors (Lipinski definition) is 1. The minimum atomic E-state index is -0.182. The van der Waals surface area contributed by atoms with Crippen LogP contribution in [-0.4, -0.2) is 16.3 Å². The molecule has 0 atom stereocenters. The van der Waals surface area contributed by atoms with E-state index in [1.807, 2.05) is 16.8 Å². The van der Waals surface area contributed by atoms with Gasteiger partial charge in [-0.1, -0.05) is 18.2 Å². The molecule has 0 amide bonds. The van der Waals surface area contributed by atoms with Crippen LogP contribution >= 0.6 is 0 Å². The molecule has 0 fully saturated rings. The Balaban J connectivity index is 2.18. The molecular weight excluding hydrogens is 229 g/mol. The molecule has 3 nitrogen and oxygen atoms in total. The zero-order chi connectivity index (χ0) is 12.5. The number of aryl methyl sites for hydroxylation is 1. The molecule has 1 aromatic heterocycles. The number of hydrogen-bond acceptors (Lipinski definition) is 2. The van der Waals surface area contributed by atoms with Crippen LogP contribution in [0.2, 0.25) is 0 Å². The number of halogens is 1. The van der Waals surface area contributed by atoms with Crippen molar-refractivity contribution < 1.29 is 4.39 Å². The van der Waals surface area contributed by atoms with Crippen LogP contribution in [0.3, 0.4) is 0 Å². The molecule has 0 aliphatic carbocycles. The van der Waals surface area contributed by atoms with Crippen molar-refractivity contribution in [2.45, 2.75) is 25.8 Å². The molecule has 2 heterocycles. The van der Waals surface area contributed by atoms with Gasteiger partial charge >= 0.3 is 0 Å². The maximum atomic E-state index is 14.0. The molecule has 2 N–H and O–H groups in total. The van der Waals surface area contributed by atoms with E-state index in [4.69, 9.17) is 5.73 Å². The van der Waals surface area contributed by atoms with E-state index < -0.39 is 0 Å². The van der Waals surface area contributed by atoms with Gasteiger partial charge in [0.05, 0.1) is 5.69 Å². The average molecular weight is 245 g/mol. The van der Waals surface area contributed by atoms with Crippen molar-refractivity contribution >= 4 is 0 Å². The second kappa shape index (κ2) is 4.53. The van der Waals surface area contributed by atoms with E-state index in [2.05, 4.69) is 5.10 Å². The van der Waals surface area contributed by atoms with E-state index in [0.717, 1.165) is 36.3 Å². The largest absolute Gasteiger partial charge is 0.330 e. The summed E-state index contributed by atoms with van der Waals surface area (Å²) in [5.41, 5.74) is 9.33. The van der Waals surface area contributed by atoms with Crippen LogP contribution < -0.4 is 5.73 Å². The van der Waals surface area contributed by atoms with Crippen molar-refractivity contribution in [1.29, 1.82) is 0 Å². The summed E-state index contributed by atoms with van der Waals surface area (Å²) in [6.07, 6.45) is 2.76. The third kappa shape index (κ3) is 1.73. The number of nitrogens with zero attached hydrogens (tertiary/aromatic N) is 2. The molecule has 4 heteroatoms. The molecule has 1 aromatic carbocycles. The summed E-state index contributed by atoms with van der Waals surface area (Å²) in [6.45, 7) is 1.47. The number of fused-ring (bicyclic) bond motifs is 1. The van der Waals surface area contributed by atoms with Gasteiger partial charge in [0.25, 0.3) is 0 Å². The molecule has 3 rings (SSSR count). The van der Waals surface area contributed by atoms with Gasteiger partial charge in [-0.3, -0.25) is 4.68 Å². The zero-order valence-corrected chi connectivity index (χ0v) is 10.2. The third-order valence-corrected chi connectivity index (χ3v) is 3.44.